The zero-order valence-corrected chi connectivity index (χ0v) is 8.34. The summed E-state index contributed by atoms with van der Waals surface area (Å²) in [6, 6.07) is 2.29. The Labute approximate surface area is 80.6 Å². The predicted octanol–water partition coefficient (Wildman–Crippen LogP) is 2.38. The lowest BCUT2D eigenvalue weighted by Crippen LogP contribution is -2.27. The van der Waals surface area contributed by atoms with Crippen molar-refractivity contribution in [3.63, 3.8) is 0 Å². The Morgan fingerprint density at radius 2 is 2.54 bits per heavy atom. The van der Waals surface area contributed by atoms with E-state index in [0.717, 1.165) is 19.4 Å². The summed E-state index contributed by atoms with van der Waals surface area (Å²) < 4.78 is 0. The minimum absolute atomic E-state index is 0.0435. The molecular weight excluding hydrogens is 160 g/mol. The van der Waals surface area contributed by atoms with Gasteiger partial charge in [0.05, 0.1) is 12.1 Å². The first-order valence-electron chi connectivity index (χ1n) is 5.17. The number of nitrogens with zero attached hydrogens (tertiary/aromatic N) is 1. The molecule has 72 valence electrons. The Morgan fingerprint density at radius 3 is 3.08 bits per heavy atom. The van der Waals surface area contributed by atoms with Crippen molar-refractivity contribution in [1.82, 2.24) is 5.32 Å². The first-order valence-corrected chi connectivity index (χ1v) is 5.17. The van der Waals surface area contributed by atoms with Crippen LogP contribution in [0.2, 0.25) is 0 Å². The lowest BCUT2D eigenvalue weighted by Gasteiger charge is -2.08. The summed E-state index contributed by atoms with van der Waals surface area (Å²) in [6.45, 7) is 2.99. The molecule has 0 aliphatic heterocycles. The molecule has 1 atom stereocenters. The molecule has 0 fully saturated rings. The average Bonchev–Trinajstić information content (AvgIpc) is 2.65. The topological polar surface area (TPSA) is 35.8 Å². The second-order valence-corrected chi connectivity index (χ2v) is 3.55. The second-order valence-electron chi connectivity index (χ2n) is 3.55. The molecule has 1 rings (SSSR count). The van der Waals surface area contributed by atoms with Crippen LogP contribution in [0.5, 0.6) is 0 Å². The van der Waals surface area contributed by atoms with Crippen molar-refractivity contribution in [3.8, 4) is 6.07 Å². The van der Waals surface area contributed by atoms with Crippen molar-refractivity contribution in [1.29, 1.82) is 5.26 Å². The van der Waals surface area contributed by atoms with Gasteiger partial charge in [0, 0.05) is 6.54 Å². The smallest absolute Gasteiger partial charge is 0.0950 e. The van der Waals surface area contributed by atoms with Gasteiger partial charge in [0.2, 0.25) is 0 Å². The minimum Gasteiger partial charge on any atom is -0.302 e. The third kappa shape index (κ3) is 3.61. The van der Waals surface area contributed by atoms with Crippen LogP contribution in [0.3, 0.4) is 0 Å². The second kappa shape index (κ2) is 5.77. The summed E-state index contributed by atoms with van der Waals surface area (Å²) in [5.74, 6) is 0. The van der Waals surface area contributed by atoms with Gasteiger partial charge in [0.1, 0.15) is 0 Å². The zero-order chi connectivity index (χ0) is 9.52. The van der Waals surface area contributed by atoms with Crippen molar-refractivity contribution in [2.75, 3.05) is 6.54 Å². The van der Waals surface area contributed by atoms with E-state index in [1.807, 2.05) is 6.92 Å². The lowest BCUT2D eigenvalue weighted by molar-refractivity contribution is 0.584. The summed E-state index contributed by atoms with van der Waals surface area (Å²) in [5, 5.41) is 11.9. The molecule has 0 aromatic carbocycles. The summed E-state index contributed by atoms with van der Waals surface area (Å²) in [7, 11) is 0. The molecule has 0 aromatic heterocycles. The molecule has 0 amide bonds. The van der Waals surface area contributed by atoms with Crippen molar-refractivity contribution in [2.24, 2.45) is 0 Å². The Hall–Kier alpha value is -0.810. The largest absolute Gasteiger partial charge is 0.302 e. The lowest BCUT2D eigenvalue weighted by atomic mass is 10.1. The maximum Gasteiger partial charge on any atom is 0.0950 e. The molecule has 0 spiro atoms. The highest BCUT2D eigenvalue weighted by molar-refractivity contribution is 5.07. The average molecular weight is 178 g/mol. The Morgan fingerprint density at radius 1 is 1.69 bits per heavy atom. The number of nitrogens with one attached hydrogen (secondary N) is 1. The highest BCUT2D eigenvalue weighted by Crippen LogP contribution is 2.19. The number of nitriles is 1. The van der Waals surface area contributed by atoms with Crippen molar-refractivity contribution < 1.29 is 0 Å². The van der Waals surface area contributed by atoms with Crippen LogP contribution in [0.1, 0.15) is 39.0 Å². The van der Waals surface area contributed by atoms with Crippen LogP contribution >= 0.6 is 0 Å². The first-order chi connectivity index (χ1) is 6.36. The quantitative estimate of drug-likeness (QED) is 0.656. The highest BCUT2D eigenvalue weighted by Gasteiger charge is 2.06. The van der Waals surface area contributed by atoms with E-state index < -0.39 is 0 Å². The van der Waals surface area contributed by atoms with Crippen molar-refractivity contribution in [2.45, 2.75) is 45.1 Å². The summed E-state index contributed by atoms with van der Waals surface area (Å²) in [5.41, 5.74) is 1.57. The van der Waals surface area contributed by atoms with Crippen molar-refractivity contribution in [3.05, 3.63) is 11.6 Å². The molecule has 0 bridgehead atoms. The van der Waals surface area contributed by atoms with E-state index in [2.05, 4.69) is 17.5 Å². The molecule has 0 radical (unpaired) electrons. The van der Waals surface area contributed by atoms with Crippen LogP contribution in [-0.4, -0.2) is 12.6 Å². The normalized spacial score (nSPS) is 18.0. The molecule has 2 nitrogen and oxygen atoms in total. The fourth-order valence-corrected chi connectivity index (χ4v) is 1.65. The van der Waals surface area contributed by atoms with Gasteiger partial charge >= 0.3 is 0 Å². The highest BCUT2D eigenvalue weighted by atomic mass is 14.9. The van der Waals surface area contributed by atoms with E-state index in [-0.39, 0.29) is 6.04 Å². The molecule has 1 aliphatic carbocycles. The Balaban J connectivity index is 2.09. The van der Waals surface area contributed by atoms with E-state index in [9.17, 15) is 0 Å². The SMILES string of the molecule is CCC(C#N)NCCC1=CCCC1. The molecular formula is C11H18N2. The number of hydrogen-bond acceptors (Lipinski definition) is 2. The van der Waals surface area contributed by atoms with Crippen LogP contribution < -0.4 is 5.32 Å². The van der Waals surface area contributed by atoms with E-state index >= 15 is 0 Å². The summed E-state index contributed by atoms with van der Waals surface area (Å²) in [4.78, 5) is 0. The predicted molar refractivity (Wildman–Crippen MR) is 54.2 cm³/mol. The molecule has 0 aromatic rings. The van der Waals surface area contributed by atoms with Gasteiger partial charge in [-0.3, -0.25) is 0 Å². The van der Waals surface area contributed by atoms with Crippen LogP contribution in [0.15, 0.2) is 11.6 Å². The molecule has 1 unspecified atom stereocenters. The Kier molecular flexibility index (Phi) is 4.56. The van der Waals surface area contributed by atoms with Gasteiger partial charge in [-0.25, -0.2) is 0 Å². The van der Waals surface area contributed by atoms with Gasteiger partial charge in [0.15, 0.2) is 0 Å². The molecule has 0 heterocycles. The standard InChI is InChI=1S/C11H18N2/c1-2-11(9-12)13-8-7-10-5-3-4-6-10/h5,11,13H,2-4,6-8H2,1H3. The third-order valence-corrected chi connectivity index (χ3v) is 2.54. The maximum atomic E-state index is 8.69. The van der Waals surface area contributed by atoms with Crippen LogP contribution in [0.4, 0.5) is 0 Å². The van der Waals surface area contributed by atoms with Crippen LogP contribution in [-0.2, 0) is 0 Å². The minimum atomic E-state index is 0.0435. The number of rotatable bonds is 5. The first kappa shape index (κ1) is 10.3. The number of hydrogen-bond donors (Lipinski definition) is 1. The van der Waals surface area contributed by atoms with E-state index in [1.54, 1.807) is 5.57 Å². The van der Waals surface area contributed by atoms with E-state index in [4.69, 9.17) is 5.26 Å². The van der Waals surface area contributed by atoms with Gasteiger partial charge in [-0.2, -0.15) is 5.26 Å². The summed E-state index contributed by atoms with van der Waals surface area (Å²) >= 11 is 0. The van der Waals surface area contributed by atoms with Gasteiger partial charge in [-0.15, -0.1) is 0 Å². The molecule has 1 aliphatic rings. The fraction of sp³-hybridized carbons (Fsp3) is 0.727. The molecule has 0 saturated heterocycles. The van der Waals surface area contributed by atoms with Crippen molar-refractivity contribution >= 4 is 0 Å². The van der Waals surface area contributed by atoms with Crippen LogP contribution in [0, 0.1) is 11.3 Å². The Bertz CT molecular complexity index is 213. The fourth-order valence-electron chi connectivity index (χ4n) is 1.65. The summed E-state index contributed by atoms with van der Waals surface area (Å²) in [6.07, 6.45) is 8.21. The van der Waals surface area contributed by atoms with Gasteiger partial charge in [-0.05, 0) is 32.1 Å². The van der Waals surface area contributed by atoms with Gasteiger partial charge in [0.25, 0.3) is 0 Å². The molecule has 0 saturated carbocycles. The van der Waals surface area contributed by atoms with Gasteiger partial charge in [-0.1, -0.05) is 18.6 Å². The third-order valence-electron chi connectivity index (χ3n) is 2.54. The zero-order valence-electron chi connectivity index (χ0n) is 8.34. The van der Waals surface area contributed by atoms with Gasteiger partial charge < -0.3 is 5.32 Å². The molecule has 1 N–H and O–H groups in total. The van der Waals surface area contributed by atoms with Crippen LogP contribution in [0.25, 0.3) is 0 Å². The molecule has 13 heavy (non-hydrogen) atoms. The monoisotopic (exact) mass is 178 g/mol. The number of allylic oxidation sites excluding steroid dienone is 1. The molecule has 2 heteroatoms. The van der Waals surface area contributed by atoms with E-state index in [0.29, 0.717) is 0 Å². The maximum absolute atomic E-state index is 8.69. The van der Waals surface area contributed by atoms with E-state index in [1.165, 1.54) is 19.3 Å².